The fourth-order valence-electron chi connectivity index (χ4n) is 8.46. The highest BCUT2D eigenvalue weighted by Crippen LogP contribution is 2.48. The van der Waals surface area contributed by atoms with Crippen LogP contribution in [-0.4, -0.2) is 84.2 Å². The minimum absolute atomic E-state index is 0.0477. The average Bonchev–Trinajstić information content (AvgIpc) is 3.04. The predicted molar refractivity (Wildman–Crippen MR) is 195 cm³/mol. The first-order valence-electron chi connectivity index (χ1n) is 17.9. The van der Waals surface area contributed by atoms with Crippen molar-refractivity contribution >= 4 is 31.8 Å². The molecule has 2 unspecified atom stereocenters. The molecule has 7 atom stereocenters. The highest BCUT2D eigenvalue weighted by Gasteiger charge is 2.53. The van der Waals surface area contributed by atoms with E-state index in [1.54, 1.807) is 36.4 Å². The highest BCUT2D eigenvalue weighted by atomic mass is 35.5. The van der Waals surface area contributed by atoms with Crippen molar-refractivity contribution in [2.45, 2.75) is 113 Å². The maximum absolute atomic E-state index is 14.2. The van der Waals surface area contributed by atoms with Crippen LogP contribution in [0.4, 0.5) is 0 Å². The Morgan fingerprint density at radius 2 is 1.98 bits per heavy atom. The number of likely N-dealkylation sites (N-methyl/N-ethyl adjacent to an activating group) is 1. The van der Waals surface area contributed by atoms with Crippen LogP contribution in [0.3, 0.4) is 0 Å². The van der Waals surface area contributed by atoms with E-state index in [0.717, 1.165) is 38.6 Å². The Kier molecular flexibility index (Phi) is 9.81. The molecule has 10 heteroatoms. The molecule has 49 heavy (non-hydrogen) atoms. The number of carbonyl (C=O) groups excluding carboxylic acids is 1. The molecule has 3 aliphatic heterocycles. The van der Waals surface area contributed by atoms with Crippen molar-refractivity contribution in [2.75, 3.05) is 20.1 Å². The molecule has 5 aliphatic rings. The zero-order chi connectivity index (χ0) is 35.4. The molecule has 2 N–H and O–H groups in total. The van der Waals surface area contributed by atoms with Crippen LogP contribution in [0.5, 0.6) is 0 Å². The Morgan fingerprint density at radius 1 is 1.20 bits per heavy atom. The molecule has 1 spiro atoms. The summed E-state index contributed by atoms with van der Waals surface area (Å²) in [4.78, 5) is 30.9. The number of ether oxygens (including phenoxy) is 1. The number of carboxylic acid groups (broad SMARTS) is 1. The lowest BCUT2D eigenvalue weighted by Crippen LogP contribution is -2.60. The third kappa shape index (κ3) is 6.68. The number of carbonyl (C=O) groups is 2. The average molecular weight is 709 g/mol. The van der Waals surface area contributed by atoms with E-state index in [9.17, 15) is 19.8 Å². The van der Waals surface area contributed by atoms with Gasteiger partial charge >= 0.3 is 5.97 Å². The second kappa shape index (κ2) is 13.4. The van der Waals surface area contributed by atoms with Gasteiger partial charge in [0.2, 0.25) is 5.91 Å². The van der Waals surface area contributed by atoms with Crippen LogP contribution in [0, 0.1) is 11.8 Å². The van der Waals surface area contributed by atoms with Gasteiger partial charge in [-0.3, -0.25) is 4.79 Å². The first kappa shape index (κ1) is 36.0. The van der Waals surface area contributed by atoms with Crippen LogP contribution in [0.15, 0.2) is 66.6 Å². The fourth-order valence-corrected chi connectivity index (χ4v) is 9.94. The fraction of sp³-hybridized carbons (Fsp3) is 0.590. The Hall–Kier alpha value is -2.85. The summed E-state index contributed by atoms with van der Waals surface area (Å²) in [6.45, 7) is 12.8. The largest absolute Gasteiger partial charge is 0.495 e. The van der Waals surface area contributed by atoms with Crippen LogP contribution in [0.2, 0.25) is 23.2 Å². The van der Waals surface area contributed by atoms with Crippen molar-refractivity contribution in [3.8, 4) is 0 Å². The minimum Gasteiger partial charge on any atom is -0.495 e. The molecule has 1 amide bonds. The minimum atomic E-state index is -2.42. The standard InChI is InChI=1S/C39H53ClN2O6Si/c1-37(2,3)49(5,6)48-33-13-7-12-32-35-38(19-8-10-26-22-29(40)15-17-31(26)38)25-42(24-27-14-16-30(27)33)20-18-28(11-9-21-47-35)39(46,36(44)45)23-34(43)41(32)4/h7,9,11,13,15,17-18,20-22,27,30,32-33,35,46H,8,10,12,14,16,19,23-25H2,1-6H3,(H,44,45)/b13-7+,20-18?,21-9?,28-11?/t27-,30+,32?,33-,35?,38+,39-/m0/s1. The van der Waals surface area contributed by atoms with E-state index in [4.69, 9.17) is 20.8 Å². The van der Waals surface area contributed by atoms with Crippen LogP contribution >= 0.6 is 11.6 Å². The van der Waals surface area contributed by atoms with Gasteiger partial charge in [-0.1, -0.05) is 56.7 Å². The van der Waals surface area contributed by atoms with E-state index in [2.05, 4.69) is 63.0 Å². The van der Waals surface area contributed by atoms with E-state index >= 15 is 0 Å². The van der Waals surface area contributed by atoms with Gasteiger partial charge in [0.05, 0.1) is 30.2 Å². The third-order valence-corrected chi connectivity index (χ3v) is 17.2. The number of nitrogens with zero attached hydrogens (tertiary/aromatic N) is 2. The lowest BCUT2D eigenvalue weighted by atomic mass is 9.63. The van der Waals surface area contributed by atoms with Crippen LogP contribution < -0.4 is 0 Å². The quantitative estimate of drug-likeness (QED) is 0.258. The SMILES string of the molecule is CN1C(=O)C[C@@](O)(C(=O)O)C2=CC=COC3C1C/C=C/[C@H](O[Si](C)(C)C(C)(C)C)[C@@H]1CC[C@H]1CN(C=C2)C[C@@]31CCCc2cc(Cl)ccc21. The summed E-state index contributed by atoms with van der Waals surface area (Å²) >= 11 is 6.57. The van der Waals surface area contributed by atoms with Crippen LogP contribution in [0.1, 0.15) is 70.4 Å². The summed E-state index contributed by atoms with van der Waals surface area (Å²) in [6.07, 6.45) is 17.0. The molecule has 266 valence electrons. The molecule has 3 bridgehead atoms. The van der Waals surface area contributed by atoms with Gasteiger partial charge in [0.15, 0.2) is 13.9 Å². The van der Waals surface area contributed by atoms with Gasteiger partial charge in [0, 0.05) is 25.2 Å². The van der Waals surface area contributed by atoms with E-state index in [1.807, 2.05) is 12.3 Å². The van der Waals surface area contributed by atoms with Crippen molar-refractivity contribution in [1.82, 2.24) is 9.80 Å². The number of rotatable bonds is 3. The molecular formula is C39H53ClN2O6Si. The third-order valence-electron chi connectivity index (χ3n) is 12.5. The molecule has 1 aromatic rings. The van der Waals surface area contributed by atoms with E-state index in [1.165, 1.54) is 11.1 Å². The van der Waals surface area contributed by atoms with Crippen molar-refractivity contribution in [2.24, 2.45) is 11.8 Å². The lowest BCUT2D eigenvalue weighted by Gasteiger charge is -2.52. The number of benzene rings is 1. The molecule has 1 fully saturated rings. The van der Waals surface area contributed by atoms with Gasteiger partial charge in [-0.15, -0.1) is 0 Å². The first-order chi connectivity index (χ1) is 23.1. The van der Waals surface area contributed by atoms with E-state index in [0.29, 0.717) is 29.8 Å². The number of hydrogen-bond donors (Lipinski definition) is 2. The molecule has 1 saturated carbocycles. The Balaban J connectivity index is 1.58. The molecule has 1 aromatic carbocycles. The second-order valence-corrected chi connectivity index (χ2v) is 21.7. The number of aliphatic hydroxyl groups is 1. The first-order valence-corrected chi connectivity index (χ1v) is 21.1. The van der Waals surface area contributed by atoms with Crippen molar-refractivity contribution in [1.29, 1.82) is 0 Å². The maximum Gasteiger partial charge on any atom is 0.340 e. The Morgan fingerprint density at radius 3 is 2.67 bits per heavy atom. The van der Waals surface area contributed by atoms with Gasteiger partial charge in [-0.05, 0) is 116 Å². The van der Waals surface area contributed by atoms with Gasteiger partial charge in [-0.25, -0.2) is 4.79 Å². The number of amides is 1. The number of aliphatic carboxylic acids is 1. The molecule has 0 aromatic heterocycles. The van der Waals surface area contributed by atoms with Gasteiger partial charge in [0.25, 0.3) is 0 Å². The summed E-state index contributed by atoms with van der Waals surface area (Å²) in [5, 5.41) is 22.8. The van der Waals surface area contributed by atoms with Gasteiger partial charge < -0.3 is 29.2 Å². The van der Waals surface area contributed by atoms with Crippen LogP contribution in [0.25, 0.3) is 0 Å². The summed E-state index contributed by atoms with van der Waals surface area (Å²) in [5.41, 5.74) is -0.433. The zero-order valence-electron chi connectivity index (χ0n) is 29.8. The molecule has 0 radical (unpaired) electrons. The molecule has 6 rings (SSSR count). The number of fused-ring (bicyclic) bond motifs is 5. The second-order valence-electron chi connectivity index (χ2n) is 16.5. The number of allylic oxidation sites excluding steroid dienone is 2. The van der Waals surface area contributed by atoms with E-state index < -0.39 is 49.8 Å². The Bertz CT molecular complexity index is 1580. The molecular weight excluding hydrogens is 656 g/mol. The predicted octanol–water partition coefficient (Wildman–Crippen LogP) is 6.99. The van der Waals surface area contributed by atoms with Crippen molar-refractivity contribution in [3.05, 3.63) is 82.8 Å². The van der Waals surface area contributed by atoms with Gasteiger partial charge in [-0.2, -0.15) is 0 Å². The van der Waals surface area contributed by atoms with Crippen molar-refractivity contribution in [3.63, 3.8) is 0 Å². The molecule has 2 aliphatic carbocycles. The monoisotopic (exact) mass is 708 g/mol. The highest BCUT2D eigenvalue weighted by molar-refractivity contribution is 6.74. The van der Waals surface area contributed by atoms with Crippen LogP contribution in [-0.2, 0) is 30.6 Å². The lowest BCUT2D eigenvalue weighted by molar-refractivity contribution is -0.160. The molecule has 3 heterocycles. The topological polar surface area (TPSA) is 99.5 Å². The number of hydrogen-bond acceptors (Lipinski definition) is 6. The number of aryl methyl sites for hydroxylation is 1. The van der Waals surface area contributed by atoms with Crippen molar-refractivity contribution < 1.29 is 29.0 Å². The number of halogens is 1. The van der Waals surface area contributed by atoms with E-state index in [-0.39, 0.29) is 16.7 Å². The summed E-state index contributed by atoms with van der Waals surface area (Å²) < 4.78 is 14.0. The zero-order valence-corrected chi connectivity index (χ0v) is 31.6. The summed E-state index contributed by atoms with van der Waals surface area (Å²) in [6, 6.07) is 5.69. The molecule has 8 nitrogen and oxygen atoms in total. The van der Waals surface area contributed by atoms with Gasteiger partial charge in [0.1, 0.15) is 6.10 Å². The normalized spacial score (nSPS) is 34.2. The summed E-state index contributed by atoms with van der Waals surface area (Å²) in [7, 11) is -0.392. The smallest absolute Gasteiger partial charge is 0.340 e. The number of carboxylic acids is 1. The molecule has 0 saturated heterocycles. The summed E-state index contributed by atoms with van der Waals surface area (Å²) in [5.74, 6) is -1.24. The maximum atomic E-state index is 14.2. The Labute approximate surface area is 297 Å².